The molecule has 3 atom stereocenters. The monoisotopic (exact) mass is 281 g/mol. The van der Waals surface area contributed by atoms with Crippen LogP contribution in [0, 0.1) is 11.8 Å². The number of nitrogens with zero attached hydrogens (tertiary/aromatic N) is 1. The van der Waals surface area contributed by atoms with Gasteiger partial charge in [-0.2, -0.15) is 0 Å². The number of hydrogen-bond donors (Lipinski definition) is 2. The highest BCUT2D eigenvalue weighted by molar-refractivity contribution is 7.09. The molecule has 1 aliphatic rings. The SMILES string of the molecule is CCC(NC(=O)C1CCCCC1CN)c1nccs1. The number of aromatic nitrogens is 1. The Labute approximate surface area is 118 Å². The first-order valence-corrected chi connectivity index (χ1v) is 8.04. The summed E-state index contributed by atoms with van der Waals surface area (Å²) in [5.41, 5.74) is 5.80. The summed E-state index contributed by atoms with van der Waals surface area (Å²) in [6.45, 7) is 2.69. The van der Waals surface area contributed by atoms with Crippen molar-refractivity contribution in [3.8, 4) is 0 Å². The van der Waals surface area contributed by atoms with Crippen molar-refractivity contribution in [2.24, 2.45) is 17.6 Å². The Kier molecular flexibility index (Phi) is 5.34. The molecule has 1 heterocycles. The normalized spacial score (nSPS) is 24.9. The number of nitrogens with two attached hydrogens (primary N) is 1. The predicted octanol–water partition coefficient (Wildman–Crippen LogP) is 2.48. The van der Waals surface area contributed by atoms with Gasteiger partial charge in [0, 0.05) is 17.5 Å². The first-order chi connectivity index (χ1) is 9.26. The fourth-order valence-electron chi connectivity index (χ4n) is 2.86. The van der Waals surface area contributed by atoms with E-state index in [-0.39, 0.29) is 17.9 Å². The Bertz CT molecular complexity index is 393. The molecule has 0 aromatic carbocycles. The van der Waals surface area contributed by atoms with Gasteiger partial charge < -0.3 is 11.1 Å². The van der Waals surface area contributed by atoms with E-state index in [9.17, 15) is 4.79 Å². The number of hydrogen-bond acceptors (Lipinski definition) is 4. The topological polar surface area (TPSA) is 68.0 Å². The Hall–Kier alpha value is -0.940. The van der Waals surface area contributed by atoms with E-state index < -0.39 is 0 Å². The first-order valence-electron chi connectivity index (χ1n) is 7.16. The molecule has 0 spiro atoms. The van der Waals surface area contributed by atoms with Crippen LogP contribution in [0.2, 0.25) is 0 Å². The second-order valence-corrected chi connectivity index (χ2v) is 6.15. The van der Waals surface area contributed by atoms with Crippen LogP contribution < -0.4 is 11.1 Å². The molecule has 1 amide bonds. The van der Waals surface area contributed by atoms with Crippen molar-refractivity contribution in [1.29, 1.82) is 0 Å². The molecule has 0 aliphatic heterocycles. The minimum absolute atomic E-state index is 0.0489. The van der Waals surface area contributed by atoms with E-state index in [4.69, 9.17) is 5.73 Å². The molecular formula is C14H23N3OS. The van der Waals surface area contributed by atoms with E-state index in [1.54, 1.807) is 17.5 Å². The zero-order valence-electron chi connectivity index (χ0n) is 11.5. The zero-order chi connectivity index (χ0) is 13.7. The van der Waals surface area contributed by atoms with Gasteiger partial charge in [0.05, 0.1) is 6.04 Å². The summed E-state index contributed by atoms with van der Waals surface area (Å²) in [6, 6.07) is 0.0489. The van der Waals surface area contributed by atoms with E-state index in [0.717, 1.165) is 30.7 Å². The van der Waals surface area contributed by atoms with Crippen LogP contribution in [0.4, 0.5) is 0 Å². The van der Waals surface area contributed by atoms with Gasteiger partial charge in [0.1, 0.15) is 5.01 Å². The van der Waals surface area contributed by atoms with Gasteiger partial charge in [-0.1, -0.05) is 19.8 Å². The summed E-state index contributed by atoms with van der Waals surface area (Å²) in [5, 5.41) is 6.10. The summed E-state index contributed by atoms with van der Waals surface area (Å²) in [6.07, 6.45) is 7.07. The molecule has 3 N–H and O–H groups in total. The van der Waals surface area contributed by atoms with Crippen LogP contribution in [0.3, 0.4) is 0 Å². The third kappa shape index (κ3) is 3.54. The maximum Gasteiger partial charge on any atom is 0.223 e. The predicted molar refractivity (Wildman–Crippen MR) is 77.8 cm³/mol. The van der Waals surface area contributed by atoms with Gasteiger partial charge in [-0.25, -0.2) is 4.98 Å². The van der Waals surface area contributed by atoms with Gasteiger partial charge in [0.25, 0.3) is 0 Å². The number of thiazole rings is 1. The quantitative estimate of drug-likeness (QED) is 0.871. The van der Waals surface area contributed by atoms with E-state index in [0.29, 0.717) is 12.5 Å². The van der Waals surface area contributed by atoms with Crippen LogP contribution in [0.25, 0.3) is 0 Å². The van der Waals surface area contributed by atoms with Crippen molar-refractivity contribution in [1.82, 2.24) is 10.3 Å². The maximum atomic E-state index is 12.4. The van der Waals surface area contributed by atoms with E-state index >= 15 is 0 Å². The lowest BCUT2D eigenvalue weighted by Crippen LogP contribution is -2.40. The summed E-state index contributed by atoms with van der Waals surface area (Å²) >= 11 is 1.60. The van der Waals surface area contributed by atoms with Crippen molar-refractivity contribution in [2.75, 3.05) is 6.54 Å². The van der Waals surface area contributed by atoms with E-state index in [2.05, 4.69) is 17.2 Å². The zero-order valence-corrected chi connectivity index (χ0v) is 12.3. The molecule has 2 rings (SSSR count). The van der Waals surface area contributed by atoms with Crippen LogP contribution in [0.5, 0.6) is 0 Å². The summed E-state index contributed by atoms with van der Waals surface area (Å²) in [4.78, 5) is 16.7. The molecule has 5 heteroatoms. The Morgan fingerprint density at radius 1 is 1.58 bits per heavy atom. The largest absolute Gasteiger partial charge is 0.347 e. The van der Waals surface area contributed by atoms with Crippen LogP contribution in [0.1, 0.15) is 50.1 Å². The molecule has 3 unspecified atom stereocenters. The van der Waals surface area contributed by atoms with Crippen molar-refractivity contribution < 1.29 is 4.79 Å². The van der Waals surface area contributed by atoms with Crippen LogP contribution in [-0.2, 0) is 4.79 Å². The number of nitrogens with one attached hydrogen (secondary N) is 1. The van der Waals surface area contributed by atoms with Crippen molar-refractivity contribution in [2.45, 2.75) is 45.1 Å². The van der Waals surface area contributed by atoms with Crippen LogP contribution >= 0.6 is 11.3 Å². The number of rotatable bonds is 5. The van der Waals surface area contributed by atoms with Gasteiger partial charge >= 0.3 is 0 Å². The number of carbonyl (C=O) groups is 1. The fraction of sp³-hybridized carbons (Fsp3) is 0.714. The molecule has 1 saturated carbocycles. The Morgan fingerprint density at radius 2 is 2.37 bits per heavy atom. The lowest BCUT2D eigenvalue weighted by molar-refractivity contribution is -0.128. The fourth-order valence-corrected chi connectivity index (χ4v) is 3.63. The maximum absolute atomic E-state index is 12.4. The summed E-state index contributed by atoms with van der Waals surface area (Å²) < 4.78 is 0. The second kappa shape index (κ2) is 7.01. The molecule has 0 saturated heterocycles. The first kappa shape index (κ1) is 14.5. The molecule has 0 radical (unpaired) electrons. The molecule has 1 aromatic rings. The molecular weight excluding hydrogens is 258 g/mol. The smallest absolute Gasteiger partial charge is 0.223 e. The van der Waals surface area contributed by atoms with Crippen molar-refractivity contribution >= 4 is 17.2 Å². The van der Waals surface area contributed by atoms with E-state index in [1.165, 1.54) is 6.42 Å². The van der Waals surface area contributed by atoms with Crippen molar-refractivity contribution in [3.63, 3.8) is 0 Å². The van der Waals surface area contributed by atoms with Crippen LogP contribution in [0.15, 0.2) is 11.6 Å². The second-order valence-electron chi connectivity index (χ2n) is 5.23. The molecule has 106 valence electrons. The molecule has 1 aliphatic carbocycles. The van der Waals surface area contributed by atoms with Gasteiger partial charge in [0.15, 0.2) is 0 Å². The third-order valence-corrected chi connectivity index (χ3v) is 4.91. The van der Waals surface area contributed by atoms with Crippen molar-refractivity contribution in [3.05, 3.63) is 16.6 Å². The molecule has 19 heavy (non-hydrogen) atoms. The van der Waals surface area contributed by atoms with Gasteiger partial charge in [0.2, 0.25) is 5.91 Å². The van der Waals surface area contributed by atoms with Crippen LogP contribution in [-0.4, -0.2) is 17.4 Å². The highest BCUT2D eigenvalue weighted by Gasteiger charge is 2.31. The molecule has 1 aromatic heterocycles. The minimum atomic E-state index is 0.0489. The minimum Gasteiger partial charge on any atom is -0.347 e. The summed E-state index contributed by atoms with van der Waals surface area (Å²) in [7, 11) is 0. The number of amides is 1. The average molecular weight is 281 g/mol. The highest BCUT2D eigenvalue weighted by Crippen LogP contribution is 2.30. The Balaban J connectivity index is 1.98. The molecule has 4 nitrogen and oxygen atoms in total. The molecule has 0 bridgehead atoms. The van der Waals surface area contributed by atoms with Gasteiger partial charge in [-0.3, -0.25) is 4.79 Å². The average Bonchev–Trinajstić information content (AvgIpc) is 2.98. The highest BCUT2D eigenvalue weighted by atomic mass is 32.1. The number of carbonyl (C=O) groups excluding carboxylic acids is 1. The lowest BCUT2D eigenvalue weighted by Gasteiger charge is -2.30. The standard InChI is InChI=1S/C14H23N3OS/c1-2-12(14-16-7-8-19-14)17-13(18)11-6-4-3-5-10(11)9-15/h7-8,10-12H,2-6,9,15H2,1H3,(H,17,18). The van der Waals surface area contributed by atoms with E-state index in [1.807, 2.05) is 5.38 Å². The summed E-state index contributed by atoms with van der Waals surface area (Å²) in [5.74, 6) is 0.604. The van der Waals surface area contributed by atoms with Gasteiger partial charge in [-0.15, -0.1) is 11.3 Å². The molecule has 1 fully saturated rings. The third-order valence-electron chi connectivity index (χ3n) is 4.02. The Morgan fingerprint density at radius 3 is 3.00 bits per heavy atom. The van der Waals surface area contributed by atoms with Gasteiger partial charge in [-0.05, 0) is 31.7 Å². The lowest BCUT2D eigenvalue weighted by atomic mass is 9.78.